The molecule has 0 saturated carbocycles. The van der Waals surface area contributed by atoms with Gasteiger partial charge in [0.15, 0.2) is 5.13 Å². The fourth-order valence-electron chi connectivity index (χ4n) is 2.62. The van der Waals surface area contributed by atoms with Gasteiger partial charge in [-0.05, 0) is 33.3 Å². The number of anilines is 1. The monoisotopic (exact) mass is 262 g/mol. The van der Waals surface area contributed by atoms with Crippen molar-refractivity contribution in [1.29, 1.82) is 0 Å². The molecular weight excluding hydrogens is 244 g/mol. The third kappa shape index (κ3) is 2.03. The molecular formula is C13H18N4S. The zero-order valence-electron chi connectivity index (χ0n) is 11.1. The molecule has 4 nitrogen and oxygen atoms in total. The summed E-state index contributed by atoms with van der Waals surface area (Å²) in [6.07, 6.45) is 1.15. The zero-order valence-corrected chi connectivity index (χ0v) is 11.9. The summed E-state index contributed by atoms with van der Waals surface area (Å²) in [6, 6.07) is 2.64. The van der Waals surface area contributed by atoms with Crippen LogP contribution < -0.4 is 4.90 Å². The Kier molecular flexibility index (Phi) is 2.86. The molecule has 3 heterocycles. The average molecular weight is 262 g/mol. The van der Waals surface area contributed by atoms with Gasteiger partial charge in [0.1, 0.15) is 0 Å². The first-order chi connectivity index (χ1) is 8.63. The molecule has 0 N–H and O–H groups in total. The minimum absolute atomic E-state index is 0.489. The van der Waals surface area contributed by atoms with Gasteiger partial charge in [0.25, 0.3) is 0 Å². The molecule has 0 bridgehead atoms. The standard InChI is InChI=1S/C13H18N4S/c1-9-6-11(3)17(15-9)12-4-5-16(7-12)13-14-10(2)8-18-13/h6,8,12H,4-5,7H2,1-3H3/t12-/m1/s1. The van der Waals surface area contributed by atoms with Crippen molar-refractivity contribution in [2.75, 3.05) is 18.0 Å². The van der Waals surface area contributed by atoms with E-state index in [4.69, 9.17) is 0 Å². The van der Waals surface area contributed by atoms with E-state index >= 15 is 0 Å². The lowest BCUT2D eigenvalue weighted by molar-refractivity contribution is 0.481. The maximum absolute atomic E-state index is 4.60. The Bertz CT molecular complexity index is 557. The van der Waals surface area contributed by atoms with E-state index in [9.17, 15) is 0 Å². The molecule has 0 aliphatic carbocycles. The van der Waals surface area contributed by atoms with Crippen molar-refractivity contribution >= 4 is 16.5 Å². The van der Waals surface area contributed by atoms with Gasteiger partial charge in [-0.3, -0.25) is 4.68 Å². The van der Waals surface area contributed by atoms with Crippen LogP contribution in [0.5, 0.6) is 0 Å². The molecule has 2 aromatic heterocycles. The fourth-order valence-corrected chi connectivity index (χ4v) is 3.46. The first-order valence-electron chi connectivity index (χ1n) is 6.33. The Balaban J connectivity index is 1.77. The summed E-state index contributed by atoms with van der Waals surface area (Å²) in [7, 11) is 0. The topological polar surface area (TPSA) is 34.0 Å². The van der Waals surface area contributed by atoms with Crippen molar-refractivity contribution in [2.24, 2.45) is 0 Å². The molecule has 0 unspecified atom stereocenters. The van der Waals surface area contributed by atoms with E-state index < -0.39 is 0 Å². The molecule has 1 atom stereocenters. The van der Waals surface area contributed by atoms with E-state index in [1.165, 1.54) is 5.69 Å². The Hall–Kier alpha value is -1.36. The smallest absolute Gasteiger partial charge is 0.185 e. The fraction of sp³-hybridized carbons (Fsp3) is 0.538. The van der Waals surface area contributed by atoms with Crippen LogP contribution in [-0.2, 0) is 0 Å². The summed E-state index contributed by atoms with van der Waals surface area (Å²) in [4.78, 5) is 6.94. The van der Waals surface area contributed by atoms with Crippen molar-refractivity contribution in [2.45, 2.75) is 33.2 Å². The van der Waals surface area contributed by atoms with Gasteiger partial charge in [0.05, 0.1) is 17.4 Å². The van der Waals surface area contributed by atoms with Crippen LogP contribution in [0.3, 0.4) is 0 Å². The highest BCUT2D eigenvalue weighted by Crippen LogP contribution is 2.29. The van der Waals surface area contributed by atoms with Crippen molar-refractivity contribution in [3.63, 3.8) is 0 Å². The van der Waals surface area contributed by atoms with Gasteiger partial charge in [0, 0.05) is 24.2 Å². The van der Waals surface area contributed by atoms with E-state index in [1.54, 1.807) is 11.3 Å². The summed E-state index contributed by atoms with van der Waals surface area (Å²) >= 11 is 1.74. The lowest BCUT2D eigenvalue weighted by Gasteiger charge is -2.16. The Morgan fingerprint density at radius 3 is 2.72 bits per heavy atom. The molecule has 0 spiro atoms. The van der Waals surface area contributed by atoms with Crippen molar-refractivity contribution in [3.05, 3.63) is 28.5 Å². The first-order valence-corrected chi connectivity index (χ1v) is 7.21. The van der Waals surface area contributed by atoms with Gasteiger partial charge in [-0.15, -0.1) is 11.3 Å². The maximum atomic E-state index is 4.60. The second kappa shape index (κ2) is 4.39. The quantitative estimate of drug-likeness (QED) is 0.834. The molecule has 1 saturated heterocycles. The largest absolute Gasteiger partial charge is 0.346 e. The number of hydrogen-bond donors (Lipinski definition) is 0. The van der Waals surface area contributed by atoms with E-state index in [1.807, 2.05) is 0 Å². The Morgan fingerprint density at radius 2 is 2.11 bits per heavy atom. The molecule has 1 fully saturated rings. The Morgan fingerprint density at radius 1 is 1.28 bits per heavy atom. The first kappa shape index (κ1) is 11.7. The molecule has 96 valence electrons. The molecule has 0 aromatic carbocycles. The highest BCUT2D eigenvalue weighted by atomic mass is 32.1. The average Bonchev–Trinajstić information content (AvgIpc) is 2.98. The van der Waals surface area contributed by atoms with Crippen molar-refractivity contribution < 1.29 is 0 Å². The number of nitrogens with zero attached hydrogens (tertiary/aromatic N) is 4. The second-order valence-electron chi connectivity index (χ2n) is 5.03. The van der Waals surface area contributed by atoms with Crippen LogP contribution in [0.1, 0.15) is 29.5 Å². The highest BCUT2D eigenvalue weighted by Gasteiger charge is 2.27. The third-order valence-electron chi connectivity index (χ3n) is 3.43. The minimum Gasteiger partial charge on any atom is -0.346 e. The SMILES string of the molecule is Cc1csc(N2CC[C@@H](n3nc(C)cc3C)C2)n1. The van der Waals surface area contributed by atoms with E-state index in [0.29, 0.717) is 6.04 Å². The van der Waals surface area contributed by atoms with Crippen molar-refractivity contribution in [3.8, 4) is 0 Å². The summed E-state index contributed by atoms with van der Waals surface area (Å²) < 4.78 is 2.18. The summed E-state index contributed by atoms with van der Waals surface area (Å²) in [6.45, 7) is 8.34. The number of thiazole rings is 1. The van der Waals surface area contributed by atoms with Crippen molar-refractivity contribution in [1.82, 2.24) is 14.8 Å². The van der Waals surface area contributed by atoms with Crippen LogP contribution in [0, 0.1) is 20.8 Å². The molecule has 1 aliphatic rings. The number of rotatable bonds is 2. The number of aromatic nitrogens is 3. The van der Waals surface area contributed by atoms with Gasteiger partial charge >= 0.3 is 0 Å². The van der Waals surface area contributed by atoms with Gasteiger partial charge in [0.2, 0.25) is 0 Å². The van der Waals surface area contributed by atoms with Crippen LogP contribution in [-0.4, -0.2) is 27.9 Å². The predicted octanol–water partition coefficient (Wildman–Crippen LogP) is 2.72. The lowest BCUT2D eigenvalue weighted by Crippen LogP contribution is -2.21. The molecule has 2 aromatic rings. The lowest BCUT2D eigenvalue weighted by atomic mass is 10.2. The second-order valence-corrected chi connectivity index (χ2v) is 5.87. The van der Waals surface area contributed by atoms with Gasteiger partial charge in [-0.1, -0.05) is 0 Å². The van der Waals surface area contributed by atoms with Crippen LogP contribution in [0.4, 0.5) is 5.13 Å². The van der Waals surface area contributed by atoms with E-state index in [-0.39, 0.29) is 0 Å². The third-order valence-corrected chi connectivity index (χ3v) is 4.45. The van der Waals surface area contributed by atoms with Crippen LogP contribution in [0.2, 0.25) is 0 Å². The maximum Gasteiger partial charge on any atom is 0.185 e. The Labute approximate surface area is 111 Å². The molecule has 1 aliphatic heterocycles. The van der Waals surface area contributed by atoms with Crippen LogP contribution in [0.15, 0.2) is 11.4 Å². The predicted molar refractivity (Wildman–Crippen MR) is 74.4 cm³/mol. The molecule has 18 heavy (non-hydrogen) atoms. The minimum atomic E-state index is 0.489. The van der Waals surface area contributed by atoms with Gasteiger partial charge < -0.3 is 4.90 Å². The molecule has 0 radical (unpaired) electrons. The molecule has 5 heteroatoms. The highest BCUT2D eigenvalue weighted by molar-refractivity contribution is 7.13. The summed E-state index contributed by atoms with van der Waals surface area (Å²) in [5, 5.41) is 7.87. The van der Waals surface area contributed by atoms with Crippen LogP contribution >= 0.6 is 11.3 Å². The van der Waals surface area contributed by atoms with E-state index in [2.05, 4.69) is 51.9 Å². The number of hydrogen-bond acceptors (Lipinski definition) is 4. The summed E-state index contributed by atoms with van der Waals surface area (Å²) in [5.74, 6) is 0. The number of aryl methyl sites for hydroxylation is 3. The van der Waals surface area contributed by atoms with E-state index in [0.717, 1.165) is 36.0 Å². The zero-order chi connectivity index (χ0) is 12.7. The van der Waals surface area contributed by atoms with Gasteiger partial charge in [-0.2, -0.15) is 5.10 Å². The van der Waals surface area contributed by atoms with Crippen LogP contribution in [0.25, 0.3) is 0 Å². The normalized spacial score (nSPS) is 19.7. The molecule has 3 rings (SSSR count). The van der Waals surface area contributed by atoms with Gasteiger partial charge in [-0.25, -0.2) is 4.98 Å². The molecule has 0 amide bonds. The summed E-state index contributed by atoms with van der Waals surface area (Å²) in [5.41, 5.74) is 3.48.